The molecule has 4 heteroatoms. The summed E-state index contributed by atoms with van der Waals surface area (Å²) in [6, 6.07) is 9.55. The average Bonchev–Trinajstić information content (AvgIpc) is 2.38. The average molecular weight is 245 g/mol. The van der Waals surface area contributed by atoms with Gasteiger partial charge in [-0.1, -0.05) is 18.2 Å². The number of aryl methyl sites for hydroxylation is 1. The molecule has 0 aliphatic rings. The Labute approximate surface area is 106 Å². The summed E-state index contributed by atoms with van der Waals surface area (Å²) in [4.78, 5) is 15.8. The van der Waals surface area contributed by atoms with Crippen LogP contribution in [0.5, 0.6) is 5.75 Å². The number of hydrogen-bond acceptors (Lipinski definition) is 4. The number of pyridine rings is 1. The van der Waals surface area contributed by atoms with Crippen molar-refractivity contribution < 1.29 is 14.3 Å². The van der Waals surface area contributed by atoms with Crippen LogP contribution in [0.15, 0.2) is 30.3 Å². The maximum Gasteiger partial charge on any atom is 0.346 e. The van der Waals surface area contributed by atoms with Crippen LogP contribution >= 0.6 is 0 Å². The van der Waals surface area contributed by atoms with E-state index in [1.807, 2.05) is 31.2 Å². The van der Waals surface area contributed by atoms with Gasteiger partial charge in [-0.05, 0) is 26.0 Å². The topological polar surface area (TPSA) is 48.4 Å². The fourth-order valence-corrected chi connectivity index (χ4v) is 1.72. The van der Waals surface area contributed by atoms with Crippen molar-refractivity contribution >= 4 is 16.9 Å². The van der Waals surface area contributed by atoms with E-state index >= 15 is 0 Å². The molecule has 2 aromatic rings. The summed E-state index contributed by atoms with van der Waals surface area (Å²) in [6.45, 7) is 3.57. The van der Waals surface area contributed by atoms with Crippen molar-refractivity contribution in [1.82, 2.24) is 4.98 Å². The molecule has 0 amide bonds. The van der Waals surface area contributed by atoms with Crippen LogP contribution in [0.3, 0.4) is 0 Å². The molecule has 0 N–H and O–H groups in total. The fourth-order valence-electron chi connectivity index (χ4n) is 1.72. The molecule has 0 saturated carbocycles. The molecule has 0 fully saturated rings. The number of benzene rings is 1. The smallest absolute Gasteiger partial charge is 0.346 e. The Morgan fingerprint density at radius 3 is 2.78 bits per heavy atom. The zero-order valence-corrected chi connectivity index (χ0v) is 10.6. The van der Waals surface area contributed by atoms with E-state index in [0.717, 1.165) is 16.6 Å². The Morgan fingerprint density at radius 1 is 1.28 bits per heavy atom. The van der Waals surface area contributed by atoms with Gasteiger partial charge < -0.3 is 9.47 Å². The van der Waals surface area contributed by atoms with E-state index in [0.29, 0.717) is 5.75 Å². The van der Waals surface area contributed by atoms with Gasteiger partial charge in [0.1, 0.15) is 11.3 Å². The lowest BCUT2D eigenvalue weighted by molar-refractivity contribution is -0.147. The number of para-hydroxylation sites is 1. The minimum atomic E-state index is -0.650. The lowest BCUT2D eigenvalue weighted by Crippen LogP contribution is -2.25. The Morgan fingerprint density at radius 2 is 2.06 bits per heavy atom. The second kappa shape index (κ2) is 5.04. The molecule has 1 aromatic carbocycles. The van der Waals surface area contributed by atoms with E-state index in [9.17, 15) is 4.79 Å². The Hall–Kier alpha value is -2.10. The van der Waals surface area contributed by atoms with E-state index in [1.165, 1.54) is 7.11 Å². The second-order valence-electron chi connectivity index (χ2n) is 4.06. The molecule has 18 heavy (non-hydrogen) atoms. The second-order valence-corrected chi connectivity index (χ2v) is 4.06. The largest absolute Gasteiger partial charge is 0.477 e. The van der Waals surface area contributed by atoms with Gasteiger partial charge >= 0.3 is 5.97 Å². The van der Waals surface area contributed by atoms with Gasteiger partial charge in [-0.15, -0.1) is 0 Å². The molecule has 0 radical (unpaired) electrons. The van der Waals surface area contributed by atoms with Crippen molar-refractivity contribution in [3.05, 3.63) is 36.0 Å². The molecule has 2 rings (SSSR count). The molecule has 0 unspecified atom stereocenters. The summed E-state index contributed by atoms with van der Waals surface area (Å²) in [5, 5.41) is 0.982. The lowest BCUT2D eigenvalue weighted by atomic mass is 10.2. The van der Waals surface area contributed by atoms with Crippen LogP contribution in [0.25, 0.3) is 10.9 Å². The SMILES string of the molecule is COC(=O)[C@@H](C)Oc1cccc2ccc(C)nc12. The highest BCUT2D eigenvalue weighted by Gasteiger charge is 2.16. The Bertz CT molecular complexity index is 580. The number of carbonyl (C=O) groups excluding carboxylic acids is 1. The van der Waals surface area contributed by atoms with Crippen LogP contribution < -0.4 is 4.74 Å². The van der Waals surface area contributed by atoms with Crippen LogP contribution in [-0.2, 0) is 9.53 Å². The minimum Gasteiger partial charge on any atom is -0.477 e. The first-order valence-corrected chi connectivity index (χ1v) is 5.72. The monoisotopic (exact) mass is 245 g/mol. The number of hydrogen-bond donors (Lipinski definition) is 0. The quantitative estimate of drug-likeness (QED) is 0.779. The summed E-state index contributed by atoms with van der Waals surface area (Å²) >= 11 is 0. The molecular formula is C14H15NO3. The van der Waals surface area contributed by atoms with Gasteiger partial charge in [-0.3, -0.25) is 0 Å². The van der Waals surface area contributed by atoms with E-state index in [1.54, 1.807) is 13.0 Å². The highest BCUT2D eigenvalue weighted by Crippen LogP contribution is 2.24. The van der Waals surface area contributed by atoms with Crippen molar-refractivity contribution in [3.8, 4) is 5.75 Å². The number of carbonyl (C=O) groups is 1. The van der Waals surface area contributed by atoms with Crippen LogP contribution in [0, 0.1) is 6.92 Å². The van der Waals surface area contributed by atoms with Crippen LogP contribution in [-0.4, -0.2) is 24.2 Å². The third-order valence-electron chi connectivity index (χ3n) is 2.66. The number of rotatable bonds is 3. The predicted molar refractivity (Wildman–Crippen MR) is 68.6 cm³/mol. The van der Waals surface area contributed by atoms with Crippen LogP contribution in [0.2, 0.25) is 0 Å². The molecule has 0 aliphatic carbocycles. The minimum absolute atomic E-state index is 0.403. The van der Waals surface area contributed by atoms with Gasteiger partial charge in [-0.25, -0.2) is 9.78 Å². The number of fused-ring (bicyclic) bond motifs is 1. The Kier molecular flexibility index (Phi) is 3.46. The molecule has 4 nitrogen and oxygen atoms in total. The number of methoxy groups -OCH3 is 1. The van der Waals surface area contributed by atoms with Crippen molar-refractivity contribution in [1.29, 1.82) is 0 Å². The number of aromatic nitrogens is 1. The zero-order chi connectivity index (χ0) is 13.1. The van der Waals surface area contributed by atoms with Crippen molar-refractivity contribution in [2.24, 2.45) is 0 Å². The molecule has 0 saturated heterocycles. The van der Waals surface area contributed by atoms with Gasteiger partial charge in [0.2, 0.25) is 0 Å². The molecule has 0 bridgehead atoms. The predicted octanol–water partition coefficient (Wildman–Crippen LogP) is 2.48. The normalized spacial score (nSPS) is 12.2. The molecular weight excluding hydrogens is 230 g/mol. The molecule has 0 spiro atoms. The summed E-state index contributed by atoms with van der Waals surface area (Å²) in [5.41, 5.74) is 1.66. The summed E-state index contributed by atoms with van der Waals surface area (Å²) in [5.74, 6) is 0.189. The summed E-state index contributed by atoms with van der Waals surface area (Å²) < 4.78 is 10.2. The first kappa shape index (κ1) is 12.4. The Balaban J connectivity index is 2.38. The molecule has 1 aromatic heterocycles. The van der Waals surface area contributed by atoms with Gasteiger partial charge in [0.05, 0.1) is 7.11 Å². The maximum atomic E-state index is 11.4. The van der Waals surface area contributed by atoms with Crippen LogP contribution in [0.1, 0.15) is 12.6 Å². The first-order chi connectivity index (χ1) is 8.61. The molecule has 1 heterocycles. The van der Waals surface area contributed by atoms with Crippen molar-refractivity contribution in [2.75, 3.05) is 7.11 Å². The van der Waals surface area contributed by atoms with Gasteiger partial charge in [0.15, 0.2) is 6.10 Å². The number of ether oxygens (including phenoxy) is 2. The fraction of sp³-hybridized carbons (Fsp3) is 0.286. The third-order valence-corrected chi connectivity index (χ3v) is 2.66. The van der Waals surface area contributed by atoms with E-state index in [4.69, 9.17) is 4.74 Å². The highest BCUT2D eigenvalue weighted by molar-refractivity contribution is 5.85. The number of esters is 1. The van der Waals surface area contributed by atoms with E-state index in [2.05, 4.69) is 9.72 Å². The highest BCUT2D eigenvalue weighted by atomic mass is 16.6. The van der Waals surface area contributed by atoms with Gasteiger partial charge in [0, 0.05) is 11.1 Å². The molecule has 94 valence electrons. The summed E-state index contributed by atoms with van der Waals surface area (Å²) in [7, 11) is 1.34. The van der Waals surface area contributed by atoms with Crippen molar-refractivity contribution in [2.45, 2.75) is 20.0 Å². The van der Waals surface area contributed by atoms with E-state index < -0.39 is 12.1 Å². The van der Waals surface area contributed by atoms with Gasteiger partial charge in [0.25, 0.3) is 0 Å². The maximum absolute atomic E-state index is 11.4. The van der Waals surface area contributed by atoms with Gasteiger partial charge in [-0.2, -0.15) is 0 Å². The summed E-state index contributed by atoms with van der Waals surface area (Å²) in [6.07, 6.45) is -0.650. The van der Waals surface area contributed by atoms with Crippen molar-refractivity contribution in [3.63, 3.8) is 0 Å². The van der Waals surface area contributed by atoms with E-state index in [-0.39, 0.29) is 0 Å². The lowest BCUT2D eigenvalue weighted by Gasteiger charge is -2.13. The zero-order valence-electron chi connectivity index (χ0n) is 10.6. The standard InChI is InChI=1S/C14H15NO3/c1-9-7-8-11-5-4-6-12(13(11)15-9)18-10(2)14(16)17-3/h4-8,10H,1-3H3/t10-/m1/s1. The molecule has 0 aliphatic heterocycles. The molecule has 1 atom stereocenters. The first-order valence-electron chi connectivity index (χ1n) is 5.72. The number of nitrogens with zero attached hydrogens (tertiary/aromatic N) is 1. The van der Waals surface area contributed by atoms with Crippen LogP contribution in [0.4, 0.5) is 0 Å². The third kappa shape index (κ3) is 2.42.